The van der Waals surface area contributed by atoms with Crippen molar-refractivity contribution in [2.75, 3.05) is 26.7 Å². The molecule has 0 radical (unpaired) electrons. The molecule has 0 amide bonds. The number of aromatic nitrogens is 2. The fourth-order valence-electron chi connectivity index (χ4n) is 3.51. The largest absolute Gasteiger partial charge is 0.355 e. The van der Waals surface area contributed by atoms with Crippen LogP contribution in [0.2, 0.25) is 0 Å². The van der Waals surface area contributed by atoms with E-state index in [1.54, 1.807) is 0 Å². The van der Waals surface area contributed by atoms with Crippen molar-refractivity contribution in [1.29, 1.82) is 0 Å². The first-order valence-electron chi connectivity index (χ1n) is 9.09. The van der Waals surface area contributed by atoms with Gasteiger partial charge >= 0.3 is 0 Å². The predicted molar refractivity (Wildman–Crippen MR) is 118 cm³/mol. The van der Waals surface area contributed by atoms with Gasteiger partial charge in [0.15, 0.2) is 5.96 Å². The van der Waals surface area contributed by atoms with Gasteiger partial charge in [-0.15, -0.1) is 24.0 Å². The van der Waals surface area contributed by atoms with Crippen LogP contribution < -0.4 is 5.32 Å². The fraction of sp³-hybridized carbons (Fsp3) is 0.500. The van der Waals surface area contributed by atoms with E-state index in [9.17, 15) is 4.39 Å². The van der Waals surface area contributed by atoms with Crippen molar-refractivity contribution in [2.45, 2.75) is 31.6 Å². The number of benzene rings is 1. The molecule has 1 aromatic carbocycles. The Morgan fingerprint density at radius 1 is 1.33 bits per heavy atom. The van der Waals surface area contributed by atoms with Gasteiger partial charge in [0.2, 0.25) is 0 Å². The summed E-state index contributed by atoms with van der Waals surface area (Å²) in [5.74, 6) is 1.21. The molecule has 1 atom stereocenters. The second-order valence-electron chi connectivity index (χ2n) is 7.67. The normalized spacial score (nSPS) is 17.7. The molecule has 0 spiro atoms. The van der Waals surface area contributed by atoms with Crippen molar-refractivity contribution in [3.63, 3.8) is 0 Å². The highest BCUT2D eigenvalue weighted by atomic mass is 127. The van der Waals surface area contributed by atoms with Crippen LogP contribution >= 0.6 is 24.0 Å². The molecule has 0 aliphatic carbocycles. The lowest BCUT2D eigenvalue weighted by Crippen LogP contribution is -2.45. The van der Waals surface area contributed by atoms with Crippen molar-refractivity contribution in [2.24, 2.45) is 12.0 Å². The third-order valence-corrected chi connectivity index (χ3v) is 5.21. The lowest BCUT2D eigenvalue weighted by Gasteiger charge is -2.29. The fourth-order valence-corrected chi connectivity index (χ4v) is 3.51. The van der Waals surface area contributed by atoms with E-state index < -0.39 is 0 Å². The molecule has 1 aliphatic heterocycles. The molecule has 27 heavy (non-hydrogen) atoms. The number of aliphatic imine (C=N–C) groups is 1. The summed E-state index contributed by atoms with van der Waals surface area (Å²) < 4.78 is 15.0. The van der Waals surface area contributed by atoms with Gasteiger partial charge in [-0.05, 0) is 29.7 Å². The number of guanidine groups is 1. The van der Waals surface area contributed by atoms with Crippen LogP contribution in [0.15, 0.2) is 41.7 Å². The van der Waals surface area contributed by atoms with Crippen LogP contribution in [0.4, 0.5) is 4.39 Å². The minimum Gasteiger partial charge on any atom is -0.355 e. The van der Waals surface area contributed by atoms with Crippen LogP contribution in [-0.2, 0) is 12.5 Å². The first-order valence-corrected chi connectivity index (χ1v) is 9.09. The molecule has 0 saturated carbocycles. The minimum absolute atomic E-state index is 0. The van der Waals surface area contributed by atoms with Gasteiger partial charge in [0, 0.05) is 51.3 Å². The highest BCUT2D eigenvalue weighted by Crippen LogP contribution is 2.27. The average Bonchev–Trinajstić information content (AvgIpc) is 3.25. The van der Waals surface area contributed by atoms with Crippen LogP contribution in [-0.4, -0.2) is 47.3 Å². The Morgan fingerprint density at radius 2 is 2.04 bits per heavy atom. The molecule has 1 aromatic heterocycles. The summed E-state index contributed by atoms with van der Waals surface area (Å²) in [6.07, 6.45) is 5.16. The van der Waals surface area contributed by atoms with Crippen LogP contribution in [0.25, 0.3) is 0 Å². The Labute approximate surface area is 178 Å². The summed E-state index contributed by atoms with van der Waals surface area (Å²) in [6, 6.07) is 6.75. The van der Waals surface area contributed by atoms with E-state index in [-0.39, 0.29) is 35.2 Å². The Kier molecular flexibility index (Phi) is 7.25. The Hall–Kier alpha value is -1.64. The number of rotatable bonds is 4. The Balaban J connectivity index is 0.00000261. The van der Waals surface area contributed by atoms with Gasteiger partial charge in [0.05, 0.1) is 6.20 Å². The zero-order chi connectivity index (χ0) is 18.7. The van der Waals surface area contributed by atoms with Crippen molar-refractivity contribution in [3.05, 3.63) is 53.6 Å². The van der Waals surface area contributed by atoms with E-state index >= 15 is 0 Å². The van der Waals surface area contributed by atoms with E-state index in [2.05, 4.69) is 40.4 Å². The van der Waals surface area contributed by atoms with E-state index in [4.69, 9.17) is 0 Å². The third kappa shape index (κ3) is 5.21. The third-order valence-electron chi connectivity index (χ3n) is 5.21. The summed E-state index contributed by atoms with van der Waals surface area (Å²) in [5, 5.41) is 7.79. The van der Waals surface area contributed by atoms with Crippen LogP contribution in [0, 0.1) is 5.82 Å². The number of aryl methyl sites for hydroxylation is 1. The second-order valence-corrected chi connectivity index (χ2v) is 7.67. The maximum Gasteiger partial charge on any atom is 0.193 e. The molecular weight excluding hydrogens is 456 g/mol. The molecule has 148 valence electrons. The number of nitrogens with one attached hydrogen (secondary N) is 1. The molecule has 7 heteroatoms. The predicted octanol–water partition coefficient (Wildman–Crippen LogP) is 3.52. The molecule has 2 aromatic rings. The quantitative estimate of drug-likeness (QED) is 0.410. The first-order chi connectivity index (χ1) is 12.4. The molecule has 5 nitrogen and oxygen atoms in total. The smallest absolute Gasteiger partial charge is 0.193 e. The van der Waals surface area contributed by atoms with E-state index in [0.717, 1.165) is 37.6 Å². The summed E-state index contributed by atoms with van der Waals surface area (Å²) >= 11 is 0. The van der Waals surface area contributed by atoms with Gasteiger partial charge < -0.3 is 10.2 Å². The number of likely N-dealkylation sites (tertiary alicyclic amines) is 1. The van der Waals surface area contributed by atoms with Crippen molar-refractivity contribution < 1.29 is 4.39 Å². The number of hydrogen-bond acceptors (Lipinski definition) is 2. The highest BCUT2D eigenvalue weighted by molar-refractivity contribution is 14.0. The highest BCUT2D eigenvalue weighted by Gasteiger charge is 2.28. The van der Waals surface area contributed by atoms with Gasteiger partial charge in [-0.2, -0.15) is 5.10 Å². The molecule has 1 fully saturated rings. The van der Waals surface area contributed by atoms with E-state index in [1.165, 1.54) is 17.7 Å². The number of nitrogens with zero attached hydrogens (tertiary/aromatic N) is 4. The molecule has 1 unspecified atom stereocenters. The van der Waals surface area contributed by atoms with Crippen molar-refractivity contribution >= 4 is 29.9 Å². The average molecular weight is 485 g/mol. The number of halogens is 2. The van der Waals surface area contributed by atoms with Crippen LogP contribution in [0.1, 0.15) is 37.3 Å². The lowest BCUT2D eigenvalue weighted by atomic mass is 9.84. The second kappa shape index (κ2) is 9.03. The van der Waals surface area contributed by atoms with Crippen LogP contribution in [0.3, 0.4) is 0 Å². The van der Waals surface area contributed by atoms with Gasteiger partial charge in [-0.25, -0.2) is 4.39 Å². The zero-order valence-corrected chi connectivity index (χ0v) is 18.8. The topological polar surface area (TPSA) is 45.5 Å². The van der Waals surface area contributed by atoms with Crippen molar-refractivity contribution in [1.82, 2.24) is 20.0 Å². The lowest BCUT2D eigenvalue weighted by molar-refractivity contribution is 0.454. The first kappa shape index (κ1) is 21.7. The summed E-state index contributed by atoms with van der Waals surface area (Å²) in [6.45, 7) is 6.98. The maximum atomic E-state index is 13.2. The van der Waals surface area contributed by atoms with Gasteiger partial charge in [0.1, 0.15) is 5.82 Å². The minimum atomic E-state index is -0.202. The van der Waals surface area contributed by atoms with Gasteiger partial charge in [-0.1, -0.05) is 26.0 Å². The molecule has 1 N–H and O–H groups in total. The zero-order valence-electron chi connectivity index (χ0n) is 16.4. The SMILES string of the molecule is CN=C(NCC(C)(C)c1ccc(F)cc1)N1CCC(c2cnn(C)c2)C1.I. The summed E-state index contributed by atoms with van der Waals surface area (Å²) in [7, 11) is 3.78. The van der Waals surface area contributed by atoms with Crippen LogP contribution in [0.5, 0.6) is 0 Å². The molecule has 3 rings (SSSR count). The van der Waals surface area contributed by atoms with Gasteiger partial charge in [-0.3, -0.25) is 9.67 Å². The summed E-state index contributed by atoms with van der Waals surface area (Å²) in [4.78, 5) is 6.77. The van der Waals surface area contributed by atoms with E-state index in [1.807, 2.05) is 37.1 Å². The monoisotopic (exact) mass is 485 g/mol. The molecule has 0 bridgehead atoms. The summed E-state index contributed by atoms with van der Waals surface area (Å²) in [5.41, 5.74) is 2.28. The Bertz CT molecular complexity index is 769. The molecule has 2 heterocycles. The van der Waals surface area contributed by atoms with E-state index in [0.29, 0.717) is 5.92 Å². The molecule has 1 saturated heterocycles. The molecule has 1 aliphatic rings. The Morgan fingerprint density at radius 3 is 2.63 bits per heavy atom. The maximum absolute atomic E-state index is 13.2. The van der Waals surface area contributed by atoms with Crippen molar-refractivity contribution in [3.8, 4) is 0 Å². The van der Waals surface area contributed by atoms with Gasteiger partial charge in [0.25, 0.3) is 0 Å². The standard InChI is InChI=1S/C20H28FN5.HI/c1-20(2,17-5-7-18(21)8-6-17)14-23-19(22-3)26-10-9-15(13-26)16-11-24-25(4)12-16;/h5-8,11-12,15H,9-10,13-14H2,1-4H3,(H,22,23);1H. The molecular formula is C20H29FIN5. The number of hydrogen-bond donors (Lipinski definition) is 1.